The van der Waals surface area contributed by atoms with Crippen molar-refractivity contribution in [1.29, 1.82) is 0 Å². The summed E-state index contributed by atoms with van der Waals surface area (Å²) in [5, 5.41) is 12.5. The first kappa shape index (κ1) is 13.9. The molecule has 3 aromatic heterocycles. The Hall–Kier alpha value is -2.06. The first-order chi connectivity index (χ1) is 10.2. The molecule has 0 aliphatic carbocycles. The fourth-order valence-electron chi connectivity index (χ4n) is 1.76. The number of hydrogen-bond acceptors (Lipinski definition) is 6. The average Bonchev–Trinajstić information content (AvgIpc) is 3.19. The van der Waals surface area contributed by atoms with Crippen LogP contribution in [0, 0.1) is 6.92 Å². The molecule has 3 rings (SSSR count). The smallest absolute Gasteiger partial charge is 0.270 e. The zero-order chi connectivity index (χ0) is 14.7. The Balaban J connectivity index is 1.53. The summed E-state index contributed by atoms with van der Waals surface area (Å²) in [7, 11) is 0. The van der Waals surface area contributed by atoms with E-state index in [9.17, 15) is 4.79 Å². The molecule has 0 radical (unpaired) electrons. The van der Waals surface area contributed by atoms with Crippen LogP contribution in [0.4, 0.5) is 0 Å². The summed E-state index contributed by atoms with van der Waals surface area (Å²) in [6.45, 7) is 2.42. The van der Waals surface area contributed by atoms with Crippen molar-refractivity contribution in [2.75, 3.05) is 6.54 Å². The molecule has 6 nitrogen and oxygen atoms in total. The molecule has 0 saturated carbocycles. The Morgan fingerprint density at radius 1 is 1.33 bits per heavy atom. The van der Waals surface area contributed by atoms with E-state index in [0.717, 1.165) is 15.8 Å². The fraction of sp³-hybridized carbons (Fsp3) is 0.231. The summed E-state index contributed by atoms with van der Waals surface area (Å²) in [4.78, 5) is 20.5. The van der Waals surface area contributed by atoms with Gasteiger partial charge in [-0.05, 0) is 13.0 Å². The molecular formula is C13H13N5OS2. The second-order valence-corrected chi connectivity index (χ2v) is 6.23. The predicted octanol–water partition coefficient (Wildman–Crippen LogP) is 2.07. The topological polar surface area (TPSA) is 72.7 Å². The summed E-state index contributed by atoms with van der Waals surface area (Å²) in [5.74, 6) is -0.137. The van der Waals surface area contributed by atoms with Gasteiger partial charge in [0.25, 0.3) is 5.91 Å². The van der Waals surface area contributed by atoms with Gasteiger partial charge in [-0.2, -0.15) is 5.10 Å². The number of nitrogens with zero attached hydrogens (tertiary/aromatic N) is 4. The van der Waals surface area contributed by atoms with Crippen molar-refractivity contribution in [3.8, 4) is 5.13 Å². The second kappa shape index (κ2) is 6.15. The quantitative estimate of drug-likeness (QED) is 0.781. The van der Waals surface area contributed by atoms with Crippen molar-refractivity contribution < 1.29 is 4.79 Å². The lowest BCUT2D eigenvalue weighted by molar-refractivity contribution is 0.0949. The van der Waals surface area contributed by atoms with Gasteiger partial charge in [-0.1, -0.05) is 0 Å². The van der Waals surface area contributed by atoms with Crippen LogP contribution in [-0.2, 0) is 6.42 Å². The normalized spacial score (nSPS) is 10.7. The van der Waals surface area contributed by atoms with E-state index in [1.54, 1.807) is 16.3 Å². The van der Waals surface area contributed by atoms with Gasteiger partial charge >= 0.3 is 0 Å². The van der Waals surface area contributed by atoms with Crippen molar-refractivity contribution >= 4 is 28.6 Å². The van der Waals surface area contributed by atoms with Crippen molar-refractivity contribution in [2.24, 2.45) is 0 Å². The molecule has 0 unspecified atom stereocenters. The molecule has 0 saturated heterocycles. The molecule has 21 heavy (non-hydrogen) atoms. The summed E-state index contributed by atoms with van der Waals surface area (Å²) >= 11 is 3.00. The molecular weight excluding hydrogens is 306 g/mol. The van der Waals surface area contributed by atoms with Crippen molar-refractivity contribution in [1.82, 2.24) is 25.1 Å². The number of aromatic nitrogens is 4. The lowest BCUT2D eigenvalue weighted by Crippen LogP contribution is -2.26. The standard InChI is InChI=1S/C13H13N5OS2/c1-9-16-11(8-20-9)12(19)14-5-3-10-7-21-13(17-10)18-6-2-4-15-18/h2,4,6-8H,3,5H2,1H3,(H,14,19). The third-order valence-electron chi connectivity index (χ3n) is 2.76. The number of carbonyl (C=O) groups is 1. The maximum Gasteiger partial charge on any atom is 0.270 e. The van der Waals surface area contributed by atoms with E-state index in [2.05, 4.69) is 20.4 Å². The first-order valence-electron chi connectivity index (χ1n) is 6.37. The summed E-state index contributed by atoms with van der Waals surface area (Å²) < 4.78 is 1.73. The number of carbonyl (C=O) groups excluding carboxylic acids is 1. The molecule has 0 fully saturated rings. The van der Waals surface area contributed by atoms with E-state index in [1.807, 2.05) is 24.6 Å². The average molecular weight is 319 g/mol. The molecule has 108 valence electrons. The Kier molecular flexibility index (Phi) is 4.07. The third-order valence-corrected chi connectivity index (χ3v) is 4.41. The first-order valence-corrected chi connectivity index (χ1v) is 8.13. The highest BCUT2D eigenvalue weighted by Gasteiger charge is 2.09. The van der Waals surface area contributed by atoms with Crippen LogP contribution in [0.1, 0.15) is 21.2 Å². The van der Waals surface area contributed by atoms with Crippen LogP contribution in [0.25, 0.3) is 5.13 Å². The van der Waals surface area contributed by atoms with E-state index < -0.39 is 0 Å². The fourth-order valence-corrected chi connectivity index (χ4v) is 3.15. The minimum Gasteiger partial charge on any atom is -0.350 e. The third kappa shape index (κ3) is 3.34. The maximum atomic E-state index is 11.8. The van der Waals surface area contributed by atoms with Gasteiger partial charge in [-0.15, -0.1) is 22.7 Å². The van der Waals surface area contributed by atoms with Crippen LogP contribution in [0.3, 0.4) is 0 Å². The molecule has 0 atom stereocenters. The Morgan fingerprint density at radius 2 is 2.24 bits per heavy atom. The summed E-state index contributed by atoms with van der Waals surface area (Å²) in [6.07, 6.45) is 4.26. The second-order valence-electron chi connectivity index (χ2n) is 4.33. The van der Waals surface area contributed by atoms with Crippen LogP contribution in [-0.4, -0.2) is 32.2 Å². The van der Waals surface area contributed by atoms with Crippen molar-refractivity contribution in [3.63, 3.8) is 0 Å². The van der Waals surface area contributed by atoms with Gasteiger partial charge in [0, 0.05) is 36.1 Å². The zero-order valence-corrected chi connectivity index (χ0v) is 12.9. The molecule has 3 heterocycles. The van der Waals surface area contributed by atoms with E-state index >= 15 is 0 Å². The lowest BCUT2D eigenvalue weighted by Gasteiger charge is -2.01. The van der Waals surface area contributed by atoms with Gasteiger partial charge in [0.15, 0.2) is 0 Å². The molecule has 1 amide bonds. The summed E-state index contributed by atoms with van der Waals surface area (Å²) in [6, 6.07) is 1.86. The number of nitrogens with one attached hydrogen (secondary N) is 1. The minimum absolute atomic E-state index is 0.137. The molecule has 3 aromatic rings. The van der Waals surface area contributed by atoms with Crippen LogP contribution in [0.5, 0.6) is 0 Å². The summed E-state index contributed by atoms with van der Waals surface area (Å²) in [5.41, 5.74) is 1.42. The van der Waals surface area contributed by atoms with E-state index in [0.29, 0.717) is 18.7 Å². The lowest BCUT2D eigenvalue weighted by atomic mass is 10.3. The molecule has 0 aliphatic heterocycles. The molecule has 1 N–H and O–H groups in total. The predicted molar refractivity (Wildman–Crippen MR) is 82.1 cm³/mol. The number of thiazole rings is 2. The molecule has 8 heteroatoms. The number of hydrogen-bond donors (Lipinski definition) is 1. The minimum atomic E-state index is -0.137. The maximum absolute atomic E-state index is 11.8. The van der Waals surface area contributed by atoms with Crippen LogP contribution in [0.2, 0.25) is 0 Å². The van der Waals surface area contributed by atoms with Crippen LogP contribution in [0.15, 0.2) is 29.2 Å². The number of rotatable bonds is 5. The highest BCUT2D eigenvalue weighted by molar-refractivity contribution is 7.12. The van der Waals surface area contributed by atoms with E-state index in [4.69, 9.17) is 0 Å². The van der Waals surface area contributed by atoms with Gasteiger partial charge < -0.3 is 5.32 Å². The van der Waals surface area contributed by atoms with E-state index in [-0.39, 0.29) is 5.91 Å². The largest absolute Gasteiger partial charge is 0.350 e. The Morgan fingerprint density at radius 3 is 2.95 bits per heavy atom. The van der Waals surface area contributed by atoms with Crippen LogP contribution < -0.4 is 5.32 Å². The van der Waals surface area contributed by atoms with E-state index in [1.165, 1.54) is 22.7 Å². The van der Waals surface area contributed by atoms with Gasteiger partial charge in [-0.3, -0.25) is 4.79 Å². The molecule has 0 aromatic carbocycles. The Labute approximate surface area is 129 Å². The molecule has 0 spiro atoms. The Bertz CT molecular complexity index is 731. The van der Waals surface area contributed by atoms with Gasteiger partial charge in [0.05, 0.1) is 10.7 Å². The monoisotopic (exact) mass is 319 g/mol. The van der Waals surface area contributed by atoms with Gasteiger partial charge in [0.2, 0.25) is 5.13 Å². The molecule has 0 bridgehead atoms. The zero-order valence-electron chi connectivity index (χ0n) is 11.3. The van der Waals surface area contributed by atoms with Gasteiger partial charge in [-0.25, -0.2) is 14.6 Å². The highest BCUT2D eigenvalue weighted by Crippen LogP contribution is 2.14. The highest BCUT2D eigenvalue weighted by atomic mass is 32.1. The molecule has 0 aliphatic rings. The SMILES string of the molecule is Cc1nc(C(=O)NCCc2csc(-n3cccn3)n2)cs1. The van der Waals surface area contributed by atoms with Crippen LogP contribution >= 0.6 is 22.7 Å². The van der Waals surface area contributed by atoms with Gasteiger partial charge in [0.1, 0.15) is 5.69 Å². The van der Waals surface area contributed by atoms with Crippen molar-refractivity contribution in [3.05, 3.63) is 45.6 Å². The number of aryl methyl sites for hydroxylation is 1. The van der Waals surface area contributed by atoms with Crippen molar-refractivity contribution in [2.45, 2.75) is 13.3 Å². The number of amides is 1.